The van der Waals surface area contributed by atoms with Crippen molar-refractivity contribution in [1.82, 2.24) is 24.4 Å². The Hall–Kier alpha value is -4.33. The van der Waals surface area contributed by atoms with Crippen LogP contribution < -0.4 is 5.69 Å². The molecule has 0 spiro atoms. The quantitative estimate of drug-likeness (QED) is 0.240. The molecule has 3 heterocycles. The van der Waals surface area contributed by atoms with E-state index in [0.717, 1.165) is 60.3 Å². The topological polar surface area (TPSA) is 66.8 Å². The van der Waals surface area contributed by atoms with E-state index in [1.165, 1.54) is 17.7 Å². The van der Waals surface area contributed by atoms with Crippen LogP contribution in [0.3, 0.4) is 0 Å². The number of hydrogen-bond donors (Lipinski definition) is 1. The summed E-state index contributed by atoms with van der Waals surface area (Å²) in [5, 5.41) is 0.0268. The number of para-hydroxylation sites is 2. The molecular formula is C33H27ClFN5O. The minimum atomic E-state index is -0.512. The summed E-state index contributed by atoms with van der Waals surface area (Å²) in [7, 11) is 0. The highest BCUT2D eigenvalue weighted by Crippen LogP contribution is 2.33. The third kappa shape index (κ3) is 4.92. The van der Waals surface area contributed by atoms with Crippen molar-refractivity contribution >= 4 is 33.7 Å². The molecule has 0 radical (unpaired) electrons. The number of hydrogen-bond acceptors (Lipinski definition) is 4. The van der Waals surface area contributed by atoms with E-state index in [2.05, 4.69) is 34.1 Å². The third-order valence-electron chi connectivity index (χ3n) is 7.93. The summed E-state index contributed by atoms with van der Waals surface area (Å²) >= 11 is 6.06. The highest BCUT2D eigenvalue weighted by molar-refractivity contribution is 6.31. The number of fused-ring (bicyclic) bond motifs is 2. The number of aromatic amines is 1. The van der Waals surface area contributed by atoms with Gasteiger partial charge in [-0.2, -0.15) is 0 Å². The number of piperidine rings is 1. The predicted octanol–water partition coefficient (Wildman–Crippen LogP) is 7.24. The Bertz CT molecular complexity index is 1930. The highest BCUT2D eigenvalue weighted by atomic mass is 35.5. The lowest BCUT2D eigenvalue weighted by Gasteiger charge is -2.32. The van der Waals surface area contributed by atoms with E-state index >= 15 is 0 Å². The molecule has 0 unspecified atom stereocenters. The van der Waals surface area contributed by atoms with Crippen molar-refractivity contribution in [1.29, 1.82) is 0 Å². The molecule has 0 aliphatic carbocycles. The Labute approximate surface area is 241 Å². The zero-order valence-corrected chi connectivity index (χ0v) is 23.0. The number of nitrogens with zero attached hydrogens (tertiary/aromatic N) is 4. The van der Waals surface area contributed by atoms with Crippen molar-refractivity contribution in [2.24, 2.45) is 0 Å². The highest BCUT2D eigenvalue weighted by Gasteiger charge is 2.24. The van der Waals surface area contributed by atoms with Gasteiger partial charge in [-0.15, -0.1) is 0 Å². The Kier molecular flexibility index (Phi) is 6.61. The van der Waals surface area contributed by atoms with Crippen molar-refractivity contribution in [2.75, 3.05) is 13.1 Å². The van der Waals surface area contributed by atoms with Gasteiger partial charge in [0, 0.05) is 42.9 Å². The smallest absolute Gasteiger partial charge is 0.306 e. The summed E-state index contributed by atoms with van der Waals surface area (Å²) in [6.45, 7) is 2.67. The van der Waals surface area contributed by atoms with Gasteiger partial charge in [0.2, 0.25) is 0 Å². The summed E-state index contributed by atoms with van der Waals surface area (Å²) in [5.41, 5.74) is 7.32. The van der Waals surface area contributed by atoms with E-state index in [4.69, 9.17) is 21.6 Å². The molecule has 8 heteroatoms. The maximum absolute atomic E-state index is 14.2. The van der Waals surface area contributed by atoms with Crippen molar-refractivity contribution in [3.63, 3.8) is 0 Å². The number of benzene rings is 4. The Morgan fingerprint density at radius 1 is 0.829 bits per heavy atom. The van der Waals surface area contributed by atoms with Crippen LogP contribution in [0.1, 0.15) is 24.4 Å². The Balaban J connectivity index is 1.12. The molecule has 4 aromatic carbocycles. The maximum atomic E-state index is 14.2. The first-order chi connectivity index (χ1) is 20.0. The van der Waals surface area contributed by atoms with Crippen LogP contribution in [-0.4, -0.2) is 37.5 Å². The zero-order chi connectivity index (χ0) is 27.9. The fraction of sp³-hybridized carbons (Fsp3) is 0.182. The maximum Gasteiger partial charge on any atom is 0.326 e. The number of aromatic nitrogens is 4. The van der Waals surface area contributed by atoms with E-state index in [-0.39, 0.29) is 16.8 Å². The molecule has 0 bridgehead atoms. The van der Waals surface area contributed by atoms with Crippen LogP contribution in [0.4, 0.5) is 4.39 Å². The van der Waals surface area contributed by atoms with Crippen LogP contribution >= 0.6 is 11.6 Å². The lowest BCUT2D eigenvalue weighted by molar-refractivity contribution is 0.180. The van der Waals surface area contributed by atoms with Crippen molar-refractivity contribution < 1.29 is 4.39 Å². The molecule has 1 saturated heterocycles. The molecule has 1 aliphatic rings. The molecule has 1 fully saturated rings. The minimum Gasteiger partial charge on any atom is -0.306 e. The van der Waals surface area contributed by atoms with Crippen LogP contribution in [0.15, 0.2) is 95.8 Å². The number of rotatable bonds is 5. The molecule has 6 nitrogen and oxygen atoms in total. The zero-order valence-electron chi connectivity index (χ0n) is 22.2. The van der Waals surface area contributed by atoms with Crippen LogP contribution in [0.2, 0.25) is 5.02 Å². The van der Waals surface area contributed by atoms with E-state index in [0.29, 0.717) is 16.7 Å². The van der Waals surface area contributed by atoms with E-state index in [1.807, 2.05) is 59.2 Å². The molecule has 41 heavy (non-hydrogen) atoms. The van der Waals surface area contributed by atoms with Crippen molar-refractivity contribution in [3.8, 4) is 22.5 Å². The monoisotopic (exact) mass is 563 g/mol. The van der Waals surface area contributed by atoms with Crippen LogP contribution in [0.5, 0.6) is 0 Å². The van der Waals surface area contributed by atoms with Gasteiger partial charge in [0.25, 0.3) is 0 Å². The molecule has 0 atom stereocenters. The predicted molar refractivity (Wildman–Crippen MR) is 161 cm³/mol. The van der Waals surface area contributed by atoms with Gasteiger partial charge >= 0.3 is 5.69 Å². The first-order valence-electron chi connectivity index (χ1n) is 13.8. The van der Waals surface area contributed by atoms with Gasteiger partial charge < -0.3 is 4.98 Å². The SMILES string of the molecule is O=c1[nH]c2ccccc2n1C1CCN(Cc2ccc(-c3nc4cc(Cl)c(F)cc4nc3-c3ccccc3)cc2)CC1. The molecule has 1 aliphatic heterocycles. The molecular weight excluding hydrogens is 537 g/mol. The molecule has 0 amide bonds. The van der Waals surface area contributed by atoms with Crippen molar-refractivity contribution in [3.05, 3.63) is 118 Å². The standard InChI is InChI=1S/C33H27ClFN5O/c34-25-18-28-29(19-26(25)35)37-31(22-6-2-1-3-7-22)32(36-28)23-12-10-21(11-13-23)20-39-16-14-24(15-17-39)40-30-9-5-4-8-27(30)38-33(40)41/h1-13,18-19,24H,14-17,20H2,(H,38,41). The van der Waals surface area contributed by atoms with Gasteiger partial charge in [0.1, 0.15) is 5.82 Å². The van der Waals surface area contributed by atoms with Gasteiger partial charge in [-0.05, 0) is 36.6 Å². The van der Waals surface area contributed by atoms with Gasteiger partial charge in [0.05, 0.1) is 38.5 Å². The van der Waals surface area contributed by atoms with Crippen molar-refractivity contribution in [2.45, 2.75) is 25.4 Å². The van der Waals surface area contributed by atoms with Gasteiger partial charge in [0.15, 0.2) is 0 Å². The molecule has 6 aromatic rings. The molecule has 2 aromatic heterocycles. The summed E-state index contributed by atoms with van der Waals surface area (Å²) in [5.74, 6) is -0.512. The average molecular weight is 564 g/mol. The van der Waals surface area contributed by atoms with Crippen LogP contribution in [0, 0.1) is 5.82 Å². The molecule has 1 N–H and O–H groups in total. The number of halogens is 2. The summed E-state index contributed by atoms with van der Waals surface area (Å²) < 4.78 is 16.1. The van der Waals surface area contributed by atoms with Gasteiger partial charge in [-0.25, -0.2) is 19.2 Å². The van der Waals surface area contributed by atoms with E-state index < -0.39 is 5.82 Å². The number of likely N-dealkylation sites (tertiary alicyclic amines) is 1. The third-order valence-corrected chi connectivity index (χ3v) is 8.22. The fourth-order valence-electron chi connectivity index (χ4n) is 5.85. The second kappa shape index (κ2) is 10.6. The molecule has 204 valence electrons. The first-order valence-corrected chi connectivity index (χ1v) is 14.1. The van der Waals surface area contributed by atoms with E-state index in [1.54, 1.807) is 0 Å². The largest absolute Gasteiger partial charge is 0.326 e. The Morgan fingerprint density at radius 2 is 1.46 bits per heavy atom. The van der Waals surface area contributed by atoms with Crippen LogP contribution in [-0.2, 0) is 6.54 Å². The Morgan fingerprint density at radius 3 is 2.20 bits per heavy atom. The summed E-state index contributed by atoms with van der Waals surface area (Å²) in [4.78, 5) is 27.7. The second-order valence-corrected chi connectivity index (χ2v) is 11.0. The fourth-order valence-corrected chi connectivity index (χ4v) is 6.01. The lowest BCUT2D eigenvalue weighted by atomic mass is 10.0. The molecule has 7 rings (SSSR count). The minimum absolute atomic E-state index is 0.0268. The number of nitrogens with one attached hydrogen (secondary N) is 1. The van der Waals surface area contributed by atoms with E-state index in [9.17, 15) is 9.18 Å². The second-order valence-electron chi connectivity index (χ2n) is 10.6. The lowest BCUT2D eigenvalue weighted by Crippen LogP contribution is -2.36. The summed E-state index contributed by atoms with van der Waals surface area (Å²) in [6, 6.07) is 29.2. The van der Waals surface area contributed by atoms with Gasteiger partial charge in [-0.1, -0.05) is 78.3 Å². The number of H-pyrrole nitrogens is 1. The number of imidazole rings is 1. The summed E-state index contributed by atoms with van der Waals surface area (Å²) in [6.07, 6.45) is 1.85. The molecule has 0 saturated carbocycles. The average Bonchev–Trinajstić information content (AvgIpc) is 3.34. The normalized spacial score (nSPS) is 14.7. The van der Waals surface area contributed by atoms with Crippen LogP contribution in [0.25, 0.3) is 44.6 Å². The van der Waals surface area contributed by atoms with Gasteiger partial charge in [-0.3, -0.25) is 9.47 Å². The first kappa shape index (κ1) is 25.6.